The number of hydrogen-bond acceptors (Lipinski definition) is 4. The van der Waals surface area contributed by atoms with Gasteiger partial charge in [0.05, 0.1) is 5.69 Å². The molecule has 5 nitrogen and oxygen atoms in total. The molecule has 3 rings (SSSR count). The number of rotatable bonds is 3. The van der Waals surface area contributed by atoms with Gasteiger partial charge in [0, 0.05) is 28.8 Å². The lowest BCUT2D eigenvalue weighted by Gasteiger charge is -2.08. The SMILES string of the molecule is CC1=Cc2ccc(C(=O)Nc3cccc(C=O)c3)cc2N=C(N)C1. The second-order valence-electron chi connectivity index (χ2n) is 5.74. The molecule has 1 heterocycles. The quantitative estimate of drug-likeness (QED) is 0.848. The van der Waals surface area contributed by atoms with Crippen LogP contribution in [-0.4, -0.2) is 18.0 Å². The predicted molar refractivity (Wildman–Crippen MR) is 95.8 cm³/mol. The summed E-state index contributed by atoms with van der Waals surface area (Å²) in [7, 11) is 0. The van der Waals surface area contributed by atoms with Crippen molar-refractivity contribution in [1.29, 1.82) is 0 Å². The van der Waals surface area contributed by atoms with Crippen LogP contribution in [-0.2, 0) is 0 Å². The zero-order chi connectivity index (χ0) is 17.1. The first-order valence-electron chi connectivity index (χ1n) is 7.56. The number of benzene rings is 2. The minimum absolute atomic E-state index is 0.264. The third kappa shape index (κ3) is 3.41. The van der Waals surface area contributed by atoms with Gasteiger partial charge in [-0.15, -0.1) is 0 Å². The highest BCUT2D eigenvalue weighted by molar-refractivity contribution is 6.05. The van der Waals surface area contributed by atoms with Crippen LogP contribution in [0, 0.1) is 0 Å². The fourth-order valence-corrected chi connectivity index (χ4v) is 2.59. The fourth-order valence-electron chi connectivity index (χ4n) is 2.59. The summed E-state index contributed by atoms with van der Waals surface area (Å²) in [6.45, 7) is 2.00. The number of nitrogens with zero attached hydrogens (tertiary/aromatic N) is 1. The molecule has 3 N–H and O–H groups in total. The molecule has 0 fully saturated rings. The number of hydrogen-bond donors (Lipinski definition) is 2. The standard InChI is InChI=1S/C19H17N3O2/c1-12-7-14-5-6-15(10-17(14)22-18(20)8-12)19(24)21-16-4-2-3-13(9-16)11-23/h2-7,9-11H,8H2,1H3,(H2,20,22)(H,21,24). The molecule has 0 atom stereocenters. The van der Waals surface area contributed by atoms with Crippen LogP contribution in [0.5, 0.6) is 0 Å². The molecule has 0 radical (unpaired) electrons. The van der Waals surface area contributed by atoms with E-state index in [9.17, 15) is 9.59 Å². The number of nitrogens with two attached hydrogens (primary N) is 1. The largest absolute Gasteiger partial charge is 0.387 e. The fraction of sp³-hybridized carbons (Fsp3) is 0.105. The summed E-state index contributed by atoms with van der Waals surface area (Å²) in [4.78, 5) is 27.6. The van der Waals surface area contributed by atoms with Crippen molar-refractivity contribution < 1.29 is 9.59 Å². The van der Waals surface area contributed by atoms with E-state index >= 15 is 0 Å². The molecule has 0 bridgehead atoms. The van der Waals surface area contributed by atoms with Gasteiger partial charge in [-0.25, -0.2) is 4.99 Å². The Morgan fingerprint density at radius 2 is 2.08 bits per heavy atom. The van der Waals surface area contributed by atoms with Crippen molar-refractivity contribution in [2.75, 3.05) is 5.32 Å². The Balaban J connectivity index is 1.89. The van der Waals surface area contributed by atoms with Crippen LogP contribution in [0.15, 0.2) is 53.0 Å². The van der Waals surface area contributed by atoms with Crippen LogP contribution in [0.1, 0.15) is 39.6 Å². The van der Waals surface area contributed by atoms with Crippen molar-refractivity contribution in [1.82, 2.24) is 0 Å². The first-order chi connectivity index (χ1) is 11.5. The van der Waals surface area contributed by atoms with Gasteiger partial charge in [0.25, 0.3) is 5.91 Å². The average molecular weight is 319 g/mol. The highest BCUT2D eigenvalue weighted by Crippen LogP contribution is 2.27. The minimum atomic E-state index is -0.264. The van der Waals surface area contributed by atoms with Gasteiger partial charge in [0.2, 0.25) is 0 Å². The zero-order valence-corrected chi connectivity index (χ0v) is 13.2. The number of carbonyl (C=O) groups excluding carboxylic acids is 2. The summed E-state index contributed by atoms with van der Waals surface area (Å²) in [6, 6.07) is 12.1. The first-order valence-corrected chi connectivity index (χ1v) is 7.56. The molecular weight excluding hydrogens is 302 g/mol. The van der Waals surface area contributed by atoms with Gasteiger partial charge in [0.1, 0.15) is 12.1 Å². The Morgan fingerprint density at radius 3 is 2.88 bits per heavy atom. The number of aldehydes is 1. The maximum Gasteiger partial charge on any atom is 0.255 e. The average Bonchev–Trinajstić information content (AvgIpc) is 2.70. The lowest BCUT2D eigenvalue weighted by atomic mass is 10.1. The molecule has 2 aromatic rings. The van der Waals surface area contributed by atoms with Gasteiger partial charge in [-0.1, -0.05) is 29.8 Å². The Hall–Kier alpha value is -3.21. The van der Waals surface area contributed by atoms with Crippen molar-refractivity contribution in [3.05, 3.63) is 64.7 Å². The van der Waals surface area contributed by atoms with Crippen molar-refractivity contribution in [3.8, 4) is 0 Å². The van der Waals surface area contributed by atoms with Crippen LogP contribution < -0.4 is 11.1 Å². The molecule has 5 heteroatoms. The number of carbonyl (C=O) groups is 2. The molecule has 0 spiro atoms. The normalized spacial score (nSPS) is 13.2. The number of amides is 1. The van der Waals surface area contributed by atoms with Gasteiger partial charge in [-0.3, -0.25) is 9.59 Å². The van der Waals surface area contributed by atoms with Crippen molar-refractivity contribution >= 4 is 35.5 Å². The summed E-state index contributed by atoms with van der Waals surface area (Å²) < 4.78 is 0. The molecule has 0 unspecified atom stereocenters. The Labute approximate surface area is 139 Å². The van der Waals surface area contributed by atoms with Crippen LogP contribution in [0.2, 0.25) is 0 Å². The topological polar surface area (TPSA) is 84.5 Å². The second kappa shape index (κ2) is 6.50. The molecule has 1 amide bonds. The molecule has 0 aromatic heterocycles. The van der Waals surface area contributed by atoms with E-state index in [0.717, 1.165) is 17.4 Å². The van der Waals surface area contributed by atoms with E-state index in [-0.39, 0.29) is 5.91 Å². The predicted octanol–water partition coefficient (Wildman–Crippen LogP) is 3.55. The van der Waals surface area contributed by atoms with E-state index in [1.54, 1.807) is 36.4 Å². The Bertz CT molecular complexity index is 882. The van der Waals surface area contributed by atoms with Crippen LogP contribution in [0.25, 0.3) is 6.08 Å². The number of nitrogens with one attached hydrogen (secondary N) is 1. The minimum Gasteiger partial charge on any atom is -0.387 e. The molecule has 2 aromatic carbocycles. The summed E-state index contributed by atoms with van der Waals surface area (Å²) in [5, 5.41) is 2.78. The Morgan fingerprint density at radius 1 is 1.25 bits per heavy atom. The summed E-state index contributed by atoms with van der Waals surface area (Å²) in [6.07, 6.45) is 3.38. The number of anilines is 1. The molecule has 1 aliphatic heterocycles. The lowest BCUT2D eigenvalue weighted by Crippen LogP contribution is -2.12. The van der Waals surface area contributed by atoms with Gasteiger partial charge >= 0.3 is 0 Å². The van der Waals surface area contributed by atoms with Gasteiger partial charge in [-0.2, -0.15) is 0 Å². The van der Waals surface area contributed by atoms with E-state index in [1.165, 1.54) is 0 Å². The third-order valence-electron chi connectivity index (χ3n) is 3.70. The number of aliphatic imine (C=N–C) groups is 1. The molecule has 0 saturated heterocycles. The van der Waals surface area contributed by atoms with E-state index in [4.69, 9.17) is 5.73 Å². The summed E-state index contributed by atoms with van der Waals surface area (Å²) in [5.74, 6) is 0.262. The number of amidine groups is 1. The molecule has 1 aliphatic rings. The number of fused-ring (bicyclic) bond motifs is 1. The molecule has 0 aliphatic carbocycles. The van der Waals surface area contributed by atoms with Crippen LogP contribution >= 0.6 is 0 Å². The lowest BCUT2D eigenvalue weighted by molar-refractivity contribution is 0.102. The summed E-state index contributed by atoms with van der Waals surface area (Å²) in [5.41, 5.74) is 10.2. The highest BCUT2D eigenvalue weighted by Gasteiger charge is 2.12. The van der Waals surface area contributed by atoms with E-state index in [2.05, 4.69) is 10.3 Å². The third-order valence-corrected chi connectivity index (χ3v) is 3.70. The highest BCUT2D eigenvalue weighted by atomic mass is 16.1. The van der Waals surface area contributed by atoms with Gasteiger partial charge in [0.15, 0.2) is 0 Å². The summed E-state index contributed by atoms with van der Waals surface area (Å²) >= 11 is 0. The molecule has 120 valence electrons. The van der Waals surface area contributed by atoms with Gasteiger partial charge < -0.3 is 11.1 Å². The monoisotopic (exact) mass is 319 g/mol. The van der Waals surface area contributed by atoms with Crippen LogP contribution in [0.3, 0.4) is 0 Å². The Kier molecular flexibility index (Phi) is 4.24. The maximum atomic E-state index is 12.4. The zero-order valence-electron chi connectivity index (χ0n) is 13.2. The first kappa shape index (κ1) is 15.7. The van der Waals surface area contributed by atoms with Gasteiger partial charge in [-0.05, 0) is 31.2 Å². The van der Waals surface area contributed by atoms with E-state index in [0.29, 0.717) is 34.8 Å². The molecule has 24 heavy (non-hydrogen) atoms. The van der Waals surface area contributed by atoms with E-state index in [1.807, 2.05) is 19.1 Å². The second-order valence-corrected chi connectivity index (χ2v) is 5.74. The van der Waals surface area contributed by atoms with E-state index < -0.39 is 0 Å². The maximum absolute atomic E-state index is 12.4. The van der Waals surface area contributed by atoms with Crippen LogP contribution in [0.4, 0.5) is 11.4 Å². The smallest absolute Gasteiger partial charge is 0.255 e. The van der Waals surface area contributed by atoms with Crippen molar-refractivity contribution in [2.24, 2.45) is 10.7 Å². The van der Waals surface area contributed by atoms with Crippen molar-refractivity contribution in [3.63, 3.8) is 0 Å². The van der Waals surface area contributed by atoms with Crippen molar-refractivity contribution in [2.45, 2.75) is 13.3 Å². The molecule has 0 saturated carbocycles. The molecular formula is C19H17N3O2.